The summed E-state index contributed by atoms with van der Waals surface area (Å²) in [6, 6.07) is 42.7. The Bertz CT molecular complexity index is 4480. The second kappa shape index (κ2) is 41.5. The molecule has 9 rings (SSSR count). The molecule has 0 radical (unpaired) electrons. The summed E-state index contributed by atoms with van der Waals surface area (Å²) in [6.45, 7) is 15.0. The molecule has 0 aliphatic rings. The molecular weight excluding hydrogens is 1400 g/mol. The van der Waals surface area contributed by atoms with Gasteiger partial charge in [0.25, 0.3) is 33.4 Å². The SMILES string of the molecule is CO.Cc1cc(C(=O)O)c(=O)n(C)c1C.Cc1cc(N)c(=O)n(C)c1C.Cc1cc(NC(=O)OCc2ccccc2)c(=O)n(C)c1C.Cc1cc(NC(=O)c2ccc(F)cc2)c(=O)n(C)c1C.O=C(Cl)c1ccc(F)cc1.[CH3-].[HH].[N-]=[N+]=NP(=O)(Oc1ccccc1)Oc1ccccc1.[Pd]. The maximum absolute atomic E-state index is 12.8. The number of aliphatic hydroxyl groups is 1. The van der Waals surface area contributed by atoms with Gasteiger partial charge in [-0.15, -0.1) is 0 Å². The fourth-order valence-corrected chi connectivity index (χ4v) is 8.97. The van der Waals surface area contributed by atoms with Gasteiger partial charge in [-0.3, -0.25) is 34.1 Å². The van der Waals surface area contributed by atoms with E-state index in [0.717, 1.165) is 57.7 Å². The minimum atomic E-state index is -3.95. The first kappa shape index (κ1) is 85.5. The van der Waals surface area contributed by atoms with Crippen molar-refractivity contribution in [3.8, 4) is 11.5 Å². The third-order valence-electron chi connectivity index (χ3n) is 14.1. The summed E-state index contributed by atoms with van der Waals surface area (Å²) in [5.74, 6) is -1.80. The number of carboxylic acid groups (broad SMARTS) is 1. The van der Waals surface area contributed by atoms with Crippen LogP contribution in [0.25, 0.3) is 10.4 Å². The van der Waals surface area contributed by atoms with Crippen molar-refractivity contribution in [2.75, 3.05) is 23.5 Å². The number of rotatable bonds is 12. The van der Waals surface area contributed by atoms with Gasteiger partial charge in [0.15, 0.2) is 0 Å². The molecule has 0 spiro atoms. The van der Waals surface area contributed by atoms with Crippen LogP contribution in [-0.4, -0.2) is 58.8 Å². The van der Waals surface area contributed by atoms with E-state index in [1.54, 1.807) is 125 Å². The zero-order valence-corrected chi connectivity index (χ0v) is 59.4. The van der Waals surface area contributed by atoms with Gasteiger partial charge in [0.05, 0.1) is 5.69 Å². The predicted octanol–water partition coefficient (Wildman–Crippen LogP) is 13.5. The van der Waals surface area contributed by atoms with Gasteiger partial charge in [0.2, 0.25) is 0 Å². The van der Waals surface area contributed by atoms with Crippen LogP contribution < -0.4 is 47.7 Å². The van der Waals surface area contributed by atoms with Crippen LogP contribution in [0.3, 0.4) is 0 Å². The average molecular weight is 1480 g/mol. The Balaban J connectivity index is 0.00000117. The summed E-state index contributed by atoms with van der Waals surface area (Å²) in [7, 11) is 3.66. The molecule has 0 aliphatic carbocycles. The number of carboxylic acids is 1. The number of azide groups is 1. The molecule has 4 heterocycles. The molecule has 0 bridgehead atoms. The van der Waals surface area contributed by atoms with Crippen molar-refractivity contribution in [3.05, 3.63) is 302 Å². The number of nitrogens with two attached hydrogens (primary N) is 1. The van der Waals surface area contributed by atoms with Crippen LogP contribution in [0.4, 0.5) is 30.6 Å². The molecule has 29 heteroatoms. The predicted molar refractivity (Wildman–Crippen MR) is 375 cm³/mol. The number of carbonyl (C=O) groups excluding carboxylic acids is 3. The first-order valence-electron chi connectivity index (χ1n) is 28.6. The molecule has 6 N–H and O–H groups in total. The second-order valence-corrected chi connectivity index (χ2v) is 22.3. The molecule has 0 unspecified atom stereocenters. The zero-order chi connectivity index (χ0) is 72.1. The number of amides is 2. The van der Waals surface area contributed by atoms with Gasteiger partial charge in [0.1, 0.15) is 46.7 Å². The molecule has 98 heavy (non-hydrogen) atoms. The number of nitrogens with one attached hydrogen (secondary N) is 2. The number of halogens is 3. The van der Waals surface area contributed by atoms with Crippen LogP contribution in [0.15, 0.2) is 188 Å². The molecule has 0 fully saturated rings. The van der Waals surface area contributed by atoms with Crippen LogP contribution in [0.5, 0.6) is 11.5 Å². The smallest absolute Gasteiger partial charge is 0.477 e. The van der Waals surface area contributed by atoms with Crippen molar-refractivity contribution in [1.82, 2.24) is 18.3 Å². The van der Waals surface area contributed by atoms with Gasteiger partial charge in [-0.1, -0.05) is 66.7 Å². The van der Waals surface area contributed by atoms with Crippen molar-refractivity contribution in [2.24, 2.45) is 33.1 Å². The molecule has 0 aliphatic heterocycles. The Labute approximate surface area is 585 Å². The summed E-state index contributed by atoms with van der Waals surface area (Å²) in [6.07, 6.45) is -0.640. The van der Waals surface area contributed by atoms with Gasteiger partial charge < -0.3 is 60.7 Å². The Morgan fingerprint density at radius 1 is 0.571 bits per heavy atom. The Morgan fingerprint density at radius 2 is 0.929 bits per heavy atom. The maximum Gasteiger partial charge on any atom is 0.525 e. The number of aryl methyl sites for hydroxylation is 4. The number of anilines is 3. The van der Waals surface area contributed by atoms with Crippen LogP contribution in [0, 0.1) is 74.5 Å². The molecule has 0 atom stereocenters. The number of nitrogens with zero attached hydrogens (tertiary/aromatic N) is 7. The average Bonchev–Trinajstić information content (AvgIpc) is 0.837. The minimum absolute atomic E-state index is 0. The van der Waals surface area contributed by atoms with Gasteiger partial charge in [-0.25, -0.2) is 22.9 Å². The standard InChI is InChI=1S/C16H18N2O3.C15H15FN2O2.C12H10N3O3P.C9H11NO3.C8H12N2O.C7H4ClFO.CH4O.CH3.Pd.H2/c1-11-9-14(15(19)18(3)12(11)2)17-16(20)21-10-13-7-5-4-6-8-13;1-9-8-13(15(20)18(3)10(9)2)17-14(19)11-4-6-12(16)7-5-11;13-14-15-19(16,17-11-7-3-1-4-8-11)18-12-9-5-2-6-10-12;1-5-4-7(9(12)13)8(11)10(3)6(5)2;1-5-4-7(9)8(11)10(3)6(5)2;8-7(10)5-1-3-6(9)4-2-5;1-2;;;/h4-9H,10H2,1-3H3,(H,17,20);4-8H,1-3H3,(H,17,19);1-10H;4H,1-3H3,(H,12,13);4H,9H2,1-3H3;1-4H;2H,1H3;1H3;;1H/q;;;;;;;-1;;. The number of carbonyl (C=O) groups is 4. The van der Waals surface area contributed by atoms with E-state index in [0.29, 0.717) is 28.3 Å². The number of para-hydroxylation sites is 2. The Morgan fingerprint density at radius 3 is 1.33 bits per heavy atom. The number of ether oxygens (including phenoxy) is 1. The molecule has 526 valence electrons. The second-order valence-electron chi connectivity index (χ2n) is 20.5. The van der Waals surface area contributed by atoms with E-state index in [1.807, 2.05) is 71.9 Å². The van der Waals surface area contributed by atoms with Gasteiger partial charge >= 0.3 is 19.8 Å². The molecule has 0 saturated carbocycles. The first-order chi connectivity index (χ1) is 45.3. The molecule has 9 aromatic rings. The van der Waals surface area contributed by atoms with Crippen molar-refractivity contribution >= 4 is 59.6 Å². The van der Waals surface area contributed by atoms with Crippen LogP contribution in [0.2, 0.25) is 0 Å². The number of hydrogen-bond donors (Lipinski definition) is 5. The summed E-state index contributed by atoms with van der Waals surface area (Å²) < 4.78 is 58.6. The Hall–Kier alpha value is -10.5. The number of nitrogen functional groups attached to an aromatic ring is 1. The van der Waals surface area contributed by atoms with Crippen molar-refractivity contribution in [2.45, 2.75) is 62.0 Å². The number of aliphatic hydroxyl groups excluding tert-OH is 1. The van der Waals surface area contributed by atoms with Gasteiger partial charge in [-0.05, 0) is 197 Å². The van der Waals surface area contributed by atoms with E-state index >= 15 is 0 Å². The third-order valence-corrected chi connectivity index (χ3v) is 15.5. The summed E-state index contributed by atoms with van der Waals surface area (Å²) in [5.41, 5.74) is 22.0. The molecule has 24 nitrogen and oxygen atoms in total. The monoisotopic (exact) mass is 1480 g/mol. The van der Waals surface area contributed by atoms with Crippen LogP contribution in [0.1, 0.15) is 83.1 Å². The van der Waals surface area contributed by atoms with Gasteiger partial charge in [0, 0.05) is 101 Å². The number of aromatic carboxylic acids is 1. The van der Waals surface area contributed by atoms with Gasteiger partial charge in [-0.2, -0.15) is 0 Å². The summed E-state index contributed by atoms with van der Waals surface area (Å²) >= 11 is 5.09. The summed E-state index contributed by atoms with van der Waals surface area (Å²) in [4.78, 5) is 97.1. The normalized spacial score (nSPS) is 9.81. The molecular formula is C69H79ClF2N10O14PPd-. The van der Waals surface area contributed by atoms with Crippen LogP contribution in [-0.2, 0) is 64.5 Å². The number of aromatic nitrogens is 4. The van der Waals surface area contributed by atoms with Crippen molar-refractivity contribution in [1.29, 1.82) is 0 Å². The minimum Gasteiger partial charge on any atom is -0.477 e. The van der Waals surface area contributed by atoms with E-state index in [1.165, 1.54) is 68.3 Å². The fourth-order valence-electron chi connectivity index (χ4n) is 7.86. The number of benzene rings is 5. The van der Waals surface area contributed by atoms with E-state index in [2.05, 4.69) is 20.4 Å². The van der Waals surface area contributed by atoms with E-state index in [-0.39, 0.29) is 75.3 Å². The first-order valence-corrected chi connectivity index (χ1v) is 30.4. The summed E-state index contributed by atoms with van der Waals surface area (Å²) in [5, 5.41) is 20.2. The van der Waals surface area contributed by atoms with Crippen molar-refractivity contribution in [3.63, 3.8) is 0 Å². The van der Waals surface area contributed by atoms with Crippen molar-refractivity contribution < 1.29 is 78.4 Å². The number of pyridine rings is 4. The molecule has 0 saturated heterocycles. The quantitative estimate of drug-likeness (QED) is 0.0144. The zero-order valence-electron chi connectivity index (χ0n) is 56.2. The third kappa shape index (κ3) is 26.2. The molecule has 2 amide bonds. The van der Waals surface area contributed by atoms with E-state index in [4.69, 9.17) is 46.9 Å². The van der Waals surface area contributed by atoms with E-state index in [9.17, 15) is 51.7 Å². The Kier molecular flexibility index (Phi) is 36.2. The van der Waals surface area contributed by atoms with Crippen LogP contribution >= 0.6 is 19.3 Å². The fraction of sp³-hybridized carbons (Fsp3) is 0.203. The largest absolute Gasteiger partial charge is 0.525 e. The topological polar surface area (TPSA) is 340 Å². The number of hydrogen-bond acceptors (Lipinski definition) is 14. The molecule has 5 aromatic carbocycles. The van der Waals surface area contributed by atoms with E-state index < -0.39 is 42.3 Å². The maximum atomic E-state index is 12.8. The molecule has 4 aromatic heterocycles.